The minimum Gasteiger partial charge on any atom is -0.406 e. The van der Waals surface area contributed by atoms with E-state index in [2.05, 4.69) is 10.2 Å². The first-order chi connectivity index (χ1) is 8.06. The number of aromatic nitrogens is 2. The molecule has 7 heteroatoms. The molecule has 1 unspecified atom stereocenters. The Kier molecular flexibility index (Phi) is 3.66. The standard InChI is InChI=1S/C10H13ClN4OS/c1-6(12)9-13-14-10(16-9)15(2)5-7-3-4-8(11)17-7/h3-4,6H,5,12H2,1-2H3. The highest BCUT2D eigenvalue weighted by atomic mass is 35.5. The van der Waals surface area contributed by atoms with E-state index in [0.717, 1.165) is 9.21 Å². The molecule has 2 aromatic rings. The Morgan fingerprint density at radius 2 is 2.29 bits per heavy atom. The van der Waals surface area contributed by atoms with Gasteiger partial charge < -0.3 is 15.1 Å². The molecule has 0 bridgehead atoms. The van der Waals surface area contributed by atoms with Gasteiger partial charge in [-0.2, -0.15) is 0 Å². The Hall–Kier alpha value is -1.11. The lowest BCUT2D eigenvalue weighted by molar-refractivity contribution is 0.461. The third-order valence-electron chi connectivity index (χ3n) is 2.17. The van der Waals surface area contributed by atoms with Crippen molar-refractivity contribution in [1.82, 2.24) is 10.2 Å². The first-order valence-corrected chi connectivity index (χ1v) is 6.30. The van der Waals surface area contributed by atoms with Gasteiger partial charge in [-0.25, -0.2) is 0 Å². The molecule has 2 heterocycles. The predicted molar refractivity (Wildman–Crippen MR) is 68.3 cm³/mol. The van der Waals surface area contributed by atoms with Crippen molar-refractivity contribution in [1.29, 1.82) is 0 Å². The Labute approximate surface area is 108 Å². The summed E-state index contributed by atoms with van der Waals surface area (Å²) in [5, 5.41) is 7.82. The van der Waals surface area contributed by atoms with Crippen LogP contribution in [0.4, 0.5) is 6.01 Å². The summed E-state index contributed by atoms with van der Waals surface area (Å²) in [7, 11) is 1.88. The summed E-state index contributed by atoms with van der Waals surface area (Å²) in [5.41, 5.74) is 5.65. The van der Waals surface area contributed by atoms with Gasteiger partial charge in [0, 0.05) is 11.9 Å². The van der Waals surface area contributed by atoms with E-state index in [-0.39, 0.29) is 6.04 Å². The van der Waals surface area contributed by atoms with E-state index in [4.69, 9.17) is 21.8 Å². The minimum absolute atomic E-state index is 0.249. The van der Waals surface area contributed by atoms with Crippen LogP contribution in [0, 0.1) is 0 Å². The molecule has 1 atom stereocenters. The third kappa shape index (κ3) is 2.96. The lowest BCUT2D eigenvalue weighted by Crippen LogP contribution is -2.15. The predicted octanol–water partition coefficient (Wildman–Crippen LogP) is 2.44. The number of rotatable bonds is 4. The van der Waals surface area contributed by atoms with E-state index in [9.17, 15) is 0 Å². The number of hydrogen-bond donors (Lipinski definition) is 1. The van der Waals surface area contributed by atoms with Crippen molar-refractivity contribution < 1.29 is 4.42 Å². The topological polar surface area (TPSA) is 68.2 Å². The Morgan fingerprint density at radius 1 is 1.53 bits per heavy atom. The van der Waals surface area contributed by atoms with Crippen LogP contribution in [0.2, 0.25) is 4.34 Å². The molecule has 0 aliphatic carbocycles. The van der Waals surface area contributed by atoms with Gasteiger partial charge in [0.1, 0.15) is 0 Å². The molecule has 0 saturated carbocycles. The van der Waals surface area contributed by atoms with Crippen LogP contribution in [0.25, 0.3) is 0 Å². The second-order valence-electron chi connectivity index (χ2n) is 3.77. The quantitative estimate of drug-likeness (QED) is 0.926. The molecule has 0 fully saturated rings. The SMILES string of the molecule is CC(N)c1nnc(N(C)Cc2ccc(Cl)s2)o1. The summed E-state index contributed by atoms with van der Waals surface area (Å²) in [6.45, 7) is 2.48. The smallest absolute Gasteiger partial charge is 0.318 e. The highest BCUT2D eigenvalue weighted by molar-refractivity contribution is 7.16. The second-order valence-corrected chi connectivity index (χ2v) is 5.57. The van der Waals surface area contributed by atoms with Crippen LogP contribution in [0.3, 0.4) is 0 Å². The molecule has 2 aromatic heterocycles. The molecular weight excluding hydrogens is 260 g/mol. The lowest BCUT2D eigenvalue weighted by atomic mass is 10.4. The van der Waals surface area contributed by atoms with Crippen LogP contribution in [0.5, 0.6) is 0 Å². The van der Waals surface area contributed by atoms with Crippen molar-refractivity contribution in [3.63, 3.8) is 0 Å². The van der Waals surface area contributed by atoms with Crippen molar-refractivity contribution in [2.75, 3.05) is 11.9 Å². The van der Waals surface area contributed by atoms with Gasteiger partial charge in [-0.3, -0.25) is 0 Å². The molecule has 0 amide bonds. The second kappa shape index (κ2) is 5.03. The highest BCUT2D eigenvalue weighted by Crippen LogP contribution is 2.24. The number of halogens is 1. The van der Waals surface area contributed by atoms with Crippen LogP contribution >= 0.6 is 22.9 Å². The summed E-state index contributed by atoms with van der Waals surface area (Å²) in [5.74, 6) is 0.441. The largest absolute Gasteiger partial charge is 0.406 e. The molecule has 0 aromatic carbocycles. The molecule has 0 saturated heterocycles. The number of hydrogen-bond acceptors (Lipinski definition) is 6. The first-order valence-electron chi connectivity index (χ1n) is 5.10. The fourth-order valence-corrected chi connectivity index (χ4v) is 2.44. The third-order valence-corrected chi connectivity index (χ3v) is 3.38. The molecule has 17 heavy (non-hydrogen) atoms. The van der Waals surface area contributed by atoms with E-state index in [1.807, 2.05) is 24.1 Å². The summed E-state index contributed by atoms with van der Waals surface area (Å²) in [6, 6.07) is 4.06. The molecule has 0 aliphatic rings. The van der Waals surface area contributed by atoms with Crippen LogP contribution in [-0.4, -0.2) is 17.2 Å². The van der Waals surface area contributed by atoms with E-state index in [1.54, 1.807) is 6.92 Å². The Morgan fingerprint density at radius 3 is 2.82 bits per heavy atom. The van der Waals surface area contributed by atoms with Gasteiger partial charge >= 0.3 is 6.01 Å². The maximum Gasteiger partial charge on any atom is 0.318 e. The number of nitrogens with zero attached hydrogens (tertiary/aromatic N) is 3. The van der Waals surface area contributed by atoms with Gasteiger partial charge in [-0.05, 0) is 19.1 Å². The highest BCUT2D eigenvalue weighted by Gasteiger charge is 2.14. The van der Waals surface area contributed by atoms with Crippen LogP contribution in [0.1, 0.15) is 23.7 Å². The van der Waals surface area contributed by atoms with Gasteiger partial charge in [0.05, 0.1) is 16.9 Å². The number of anilines is 1. The Balaban J connectivity index is 2.06. The minimum atomic E-state index is -0.249. The fourth-order valence-electron chi connectivity index (χ4n) is 1.30. The Bertz CT molecular complexity index is 496. The van der Waals surface area contributed by atoms with E-state index in [1.165, 1.54) is 11.3 Å². The van der Waals surface area contributed by atoms with Crippen molar-refractivity contribution in [2.45, 2.75) is 19.5 Å². The molecule has 0 radical (unpaired) electrons. The van der Waals surface area contributed by atoms with Crippen molar-refractivity contribution in [3.05, 3.63) is 27.2 Å². The zero-order valence-electron chi connectivity index (χ0n) is 9.55. The van der Waals surface area contributed by atoms with Gasteiger partial charge in [-0.1, -0.05) is 16.7 Å². The monoisotopic (exact) mass is 272 g/mol. The maximum absolute atomic E-state index is 5.87. The van der Waals surface area contributed by atoms with E-state index < -0.39 is 0 Å². The molecule has 2 N–H and O–H groups in total. The molecular formula is C10H13ClN4OS. The van der Waals surface area contributed by atoms with Gasteiger partial charge in [0.25, 0.3) is 0 Å². The van der Waals surface area contributed by atoms with Gasteiger partial charge in [0.15, 0.2) is 0 Å². The van der Waals surface area contributed by atoms with Crippen LogP contribution in [-0.2, 0) is 6.54 Å². The fraction of sp³-hybridized carbons (Fsp3) is 0.400. The van der Waals surface area contributed by atoms with Gasteiger partial charge in [0.2, 0.25) is 5.89 Å². The first kappa shape index (κ1) is 12.3. The average Bonchev–Trinajstić information content (AvgIpc) is 2.86. The van der Waals surface area contributed by atoms with Crippen molar-refractivity contribution in [3.8, 4) is 0 Å². The molecule has 92 valence electrons. The zero-order valence-corrected chi connectivity index (χ0v) is 11.1. The zero-order chi connectivity index (χ0) is 12.4. The normalized spacial score (nSPS) is 12.7. The van der Waals surface area contributed by atoms with Crippen LogP contribution < -0.4 is 10.6 Å². The van der Waals surface area contributed by atoms with E-state index in [0.29, 0.717) is 18.5 Å². The molecule has 5 nitrogen and oxygen atoms in total. The summed E-state index contributed by atoms with van der Waals surface area (Å²) in [6.07, 6.45) is 0. The lowest BCUT2D eigenvalue weighted by Gasteiger charge is -2.11. The van der Waals surface area contributed by atoms with Crippen LogP contribution in [0.15, 0.2) is 16.5 Å². The summed E-state index contributed by atoms with van der Waals surface area (Å²) < 4.78 is 6.21. The number of nitrogens with two attached hydrogens (primary N) is 1. The summed E-state index contributed by atoms with van der Waals surface area (Å²) in [4.78, 5) is 3.00. The van der Waals surface area contributed by atoms with Crippen molar-refractivity contribution in [2.24, 2.45) is 5.73 Å². The van der Waals surface area contributed by atoms with Gasteiger partial charge in [-0.15, -0.1) is 16.4 Å². The molecule has 2 rings (SSSR count). The molecule has 0 aliphatic heterocycles. The maximum atomic E-state index is 5.87. The average molecular weight is 273 g/mol. The molecule has 0 spiro atoms. The van der Waals surface area contributed by atoms with E-state index >= 15 is 0 Å². The number of thiophene rings is 1. The summed E-state index contributed by atoms with van der Waals surface area (Å²) >= 11 is 7.40. The van der Waals surface area contributed by atoms with Crippen molar-refractivity contribution >= 4 is 29.0 Å².